The zero-order chi connectivity index (χ0) is 23.4. The molecule has 0 saturated heterocycles. The molecule has 0 radical (unpaired) electrons. The molecule has 164 valence electrons. The molecule has 7 aromatic rings. The first-order valence-corrected chi connectivity index (χ1v) is 11.7. The zero-order valence-corrected chi connectivity index (χ0v) is 18.9. The molecule has 3 heteroatoms. The Bertz CT molecular complexity index is 1870. The maximum absolute atomic E-state index is 5.71. The van der Waals surface area contributed by atoms with Crippen LogP contribution in [-0.4, -0.2) is 9.13 Å². The highest BCUT2D eigenvalue weighted by molar-refractivity contribution is 6.10. The van der Waals surface area contributed by atoms with Crippen LogP contribution in [0.25, 0.3) is 55.0 Å². The van der Waals surface area contributed by atoms with Gasteiger partial charge in [-0.25, -0.2) is 0 Å². The molecule has 0 atom stereocenters. The summed E-state index contributed by atoms with van der Waals surface area (Å²) >= 11 is 0. The molecule has 0 saturated carbocycles. The number of fused-ring (bicyclic) bond motifs is 6. The monoisotopic (exact) mass is 447 g/mol. The minimum atomic E-state index is 0.892. The standard InChI is InChI=1S/C32H21N3/c33-20-19-22-17-18-23(34-28-13-5-1-9-24(28)25-10-2-6-14-29(25)34)21-32(22)35-30-15-7-3-11-26(30)27-12-4-8-16-31(27)35/h1-18,21H,33H2. The third-order valence-electron chi connectivity index (χ3n) is 6.85. The Kier molecular flexibility index (Phi) is 4.21. The number of hydrogen-bond donors (Lipinski definition) is 1. The first kappa shape index (κ1) is 19.5. The molecule has 2 aromatic heterocycles. The van der Waals surface area contributed by atoms with Gasteiger partial charge in [0.1, 0.15) is 0 Å². The molecule has 5 aromatic carbocycles. The third kappa shape index (κ3) is 2.81. The van der Waals surface area contributed by atoms with Crippen molar-refractivity contribution in [3.63, 3.8) is 0 Å². The number of hydrogen-bond acceptors (Lipinski definition) is 1. The Morgan fingerprint density at radius 2 is 0.914 bits per heavy atom. The van der Waals surface area contributed by atoms with Gasteiger partial charge >= 0.3 is 0 Å². The summed E-state index contributed by atoms with van der Waals surface area (Å²) in [5.41, 5.74) is 13.4. The maximum atomic E-state index is 5.71. The Labute approximate surface area is 202 Å². The van der Waals surface area contributed by atoms with Crippen LogP contribution in [0.4, 0.5) is 0 Å². The molecule has 0 fully saturated rings. The summed E-state index contributed by atoms with van der Waals surface area (Å²) in [6.07, 6.45) is 0. The molecular formula is C32H21N3. The first-order valence-electron chi connectivity index (χ1n) is 11.7. The number of para-hydroxylation sites is 4. The molecule has 0 unspecified atom stereocenters. The van der Waals surface area contributed by atoms with E-state index in [1.165, 1.54) is 32.6 Å². The van der Waals surface area contributed by atoms with Crippen molar-refractivity contribution in [1.29, 1.82) is 0 Å². The van der Waals surface area contributed by atoms with E-state index >= 15 is 0 Å². The average Bonchev–Trinajstić information content (AvgIpc) is 3.43. The second kappa shape index (κ2) is 7.55. The number of nitrogens with two attached hydrogens (primary N) is 1. The second-order valence-corrected chi connectivity index (χ2v) is 8.71. The summed E-state index contributed by atoms with van der Waals surface area (Å²) in [6, 6.07) is 43.3. The predicted octanol–water partition coefficient (Wildman–Crippen LogP) is 7.15. The van der Waals surface area contributed by atoms with Gasteiger partial charge in [-0.1, -0.05) is 72.8 Å². The largest absolute Gasteiger partial charge is 0.359 e. The average molecular weight is 448 g/mol. The topological polar surface area (TPSA) is 35.9 Å². The lowest BCUT2D eigenvalue weighted by molar-refractivity contribution is 1.13. The van der Waals surface area contributed by atoms with Crippen molar-refractivity contribution in [1.82, 2.24) is 9.13 Å². The quantitative estimate of drug-likeness (QED) is 0.222. The van der Waals surface area contributed by atoms with Crippen LogP contribution in [0.3, 0.4) is 0 Å². The summed E-state index contributed by atoms with van der Waals surface area (Å²) < 4.78 is 4.64. The van der Waals surface area contributed by atoms with E-state index in [9.17, 15) is 0 Å². The van der Waals surface area contributed by atoms with Gasteiger partial charge in [0, 0.05) is 33.3 Å². The van der Waals surface area contributed by atoms with Crippen LogP contribution in [0.2, 0.25) is 0 Å². The van der Waals surface area contributed by atoms with Gasteiger partial charge in [0.25, 0.3) is 0 Å². The lowest BCUT2D eigenvalue weighted by Gasteiger charge is -2.15. The Morgan fingerprint density at radius 1 is 0.486 bits per heavy atom. The molecule has 7 rings (SSSR count). The summed E-state index contributed by atoms with van der Waals surface area (Å²) in [5.74, 6) is 3.14. The second-order valence-electron chi connectivity index (χ2n) is 8.71. The van der Waals surface area contributed by atoms with Crippen molar-refractivity contribution >= 4 is 43.6 Å². The van der Waals surface area contributed by atoms with Crippen molar-refractivity contribution < 1.29 is 0 Å². The van der Waals surface area contributed by atoms with Gasteiger partial charge in [-0.05, 0) is 48.4 Å². The fourth-order valence-electron chi connectivity index (χ4n) is 5.41. The van der Waals surface area contributed by atoms with E-state index in [1.807, 2.05) is 0 Å². The zero-order valence-electron chi connectivity index (χ0n) is 18.9. The van der Waals surface area contributed by atoms with Gasteiger partial charge in [-0.2, -0.15) is 0 Å². The van der Waals surface area contributed by atoms with E-state index in [0.717, 1.165) is 28.0 Å². The molecule has 2 N–H and O–H groups in total. The van der Waals surface area contributed by atoms with Crippen molar-refractivity contribution in [2.24, 2.45) is 5.73 Å². The highest BCUT2D eigenvalue weighted by Gasteiger charge is 2.17. The first-order chi connectivity index (χ1) is 17.3. The van der Waals surface area contributed by atoms with Crippen molar-refractivity contribution in [2.75, 3.05) is 0 Å². The fraction of sp³-hybridized carbons (Fsp3) is 0. The Balaban J connectivity index is 1.61. The van der Waals surface area contributed by atoms with Crippen LogP contribution in [0.1, 0.15) is 5.56 Å². The number of rotatable bonds is 2. The highest BCUT2D eigenvalue weighted by atomic mass is 15.0. The molecular weight excluding hydrogens is 426 g/mol. The molecule has 0 aliphatic carbocycles. The molecule has 0 aliphatic rings. The van der Waals surface area contributed by atoms with E-state index in [1.54, 1.807) is 0 Å². The van der Waals surface area contributed by atoms with Gasteiger partial charge in [-0.3, -0.25) is 0 Å². The summed E-state index contributed by atoms with van der Waals surface area (Å²) in [5, 5.41) is 4.92. The van der Waals surface area contributed by atoms with Gasteiger partial charge in [0.05, 0.1) is 33.3 Å². The lowest BCUT2D eigenvalue weighted by atomic mass is 10.1. The van der Waals surface area contributed by atoms with E-state index in [4.69, 9.17) is 5.73 Å². The molecule has 35 heavy (non-hydrogen) atoms. The van der Waals surface area contributed by atoms with Crippen LogP contribution in [0, 0.1) is 12.0 Å². The van der Waals surface area contributed by atoms with Crippen LogP contribution in [0.15, 0.2) is 115 Å². The van der Waals surface area contributed by atoms with E-state index in [0.29, 0.717) is 0 Å². The summed E-state index contributed by atoms with van der Waals surface area (Å²) in [7, 11) is 0. The van der Waals surface area contributed by atoms with Crippen LogP contribution in [-0.2, 0) is 0 Å². The number of aromatic nitrogens is 2. The molecule has 0 spiro atoms. The van der Waals surface area contributed by atoms with Crippen LogP contribution >= 0.6 is 0 Å². The number of nitrogens with zero attached hydrogens (tertiary/aromatic N) is 2. The van der Waals surface area contributed by atoms with Crippen LogP contribution < -0.4 is 5.73 Å². The Hall–Kier alpha value is -4.94. The van der Waals surface area contributed by atoms with Crippen molar-refractivity contribution in [2.45, 2.75) is 0 Å². The highest BCUT2D eigenvalue weighted by Crippen LogP contribution is 2.36. The van der Waals surface area contributed by atoms with Gasteiger partial charge in [-0.15, -0.1) is 0 Å². The molecule has 2 heterocycles. The maximum Gasteiger partial charge on any atom is 0.0640 e. The minimum Gasteiger partial charge on any atom is -0.359 e. The van der Waals surface area contributed by atoms with E-state index in [-0.39, 0.29) is 0 Å². The van der Waals surface area contributed by atoms with Crippen molar-refractivity contribution in [3.05, 3.63) is 121 Å². The smallest absolute Gasteiger partial charge is 0.0640 e. The third-order valence-corrected chi connectivity index (χ3v) is 6.85. The molecule has 0 bridgehead atoms. The van der Waals surface area contributed by atoms with E-state index in [2.05, 4.69) is 136 Å². The number of benzene rings is 5. The SMILES string of the molecule is NC#Cc1ccc(-n2c3ccccc3c3ccccc32)cc1-n1c2ccccc2c2ccccc21. The normalized spacial score (nSPS) is 11.3. The Morgan fingerprint density at radius 3 is 1.37 bits per heavy atom. The van der Waals surface area contributed by atoms with Gasteiger partial charge in [0.15, 0.2) is 0 Å². The molecule has 0 amide bonds. The predicted molar refractivity (Wildman–Crippen MR) is 146 cm³/mol. The lowest BCUT2D eigenvalue weighted by Crippen LogP contribution is -2.01. The van der Waals surface area contributed by atoms with Crippen LogP contribution in [0.5, 0.6) is 0 Å². The molecule has 3 nitrogen and oxygen atoms in total. The fourth-order valence-corrected chi connectivity index (χ4v) is 5.41. The summed E-state index contributed by atoms with van der Waals surface area (Å²) in [6.45, 7) is 0. The minimum absolute atomic E-state index is 0.892. The molecule has 0 aliphatic heterocycles. The van der Waals surface area contributed by atoms with Crippen molar-refractivity contribution in [3.8, 4) is 23.3 Å². The van der Waals surface area contributed by atoms with Gasteiger partial charge in [0.2, 0.25) is 0 Å². The van der Waals surface area contributed by atoms with E-state index < -0.39 is 0 Å². The summed E-state index contributed by atoms with van der Waals surface area (Å²) in [4.78, 5) is 0. The van der Waals surface area contributed by atoms with Gasteiger partial charge < -0.3 is 14.9 Å².